The van der Waals surface area contributed by atoms with E-state index in [1.165, 1.54) is 18.7 Å². The highest BCUT2D eigenvalue weighted by molar-refractivity contribution is 7.98. The standard InChI is InChI=1S/C28H37N7O6S.H2O/c1-17(36)41-20-10-8-19(9-11-20)15-23(35-28(30)31)27(40)34-21(12-13-42-2)26(39)32-16-24(37)33-22(25(29)38)14-18-6-4-3-5-7-18;/h3-11,21-23H,12-16H2,1-2H3,(H2,29,38)(H,32,39)(H,33,37)(H,34,40)(H4,30,31,35);1H2/t21-,22+,23+;/m1./s1. The Balaban J connectivity index is 0.00000924. The highest BCUT2D eigenvalue weighted by Crippen LogP contribution is 2.15. The smallest absolute Gasteiger partial charge is 0.308 e. The number of nitrogens with zero attached hydrogens (tertiary/aromatic N) is 1. The van der Waals surface area contributed by atoms with Crippen molar-refractivity contribution in [1.82, 2.24) is 16.0 Å². The summed E-state index contributed by atoms with van der Waals surface area (Å²) < 4.78 is 5.02. The minimum Gasteiger partial charge on any atom is -0.427 e. The molecule has 0 saturated heterocycles. The second-order valence-electron chi connectivity index (χ2n) is 9.28. The lowest BCUT2D eigenvalue weighted by Gasteiger charge is -2.21. The van der Waals surface area contributed by atoms with Gasteiger partial charge in [-0.2, -0.15) is 11.8 Å². The second kappa shape index (κ2) is 18.7. The predicted octanol–water partition coefficient (Wildman–Crippen LogP) is -1.46. The van der Waals surface area contributed by atoms with Gasteiger partial charge in [-0.3, -0.25) is 24.0 Å². The van der Waals surface area contributed by atoms with Gasteiger partial charge in [0, 0.05) is 19.8 Å². The fourth-order valence-electron chi connectivity index (χ4n) is 3.84. The summed E-state index contributed by atoms with van der Waals surface area (Å²) in [4.78, 5) is 65.8. The first kappa shape index (κ1) is 36.4. The molecule has 0 aliphatic carbocycles. The zero-order valence-electron chi connectivity index (χ0n) is 24.0. The second-order valence-corrected chi connectivity index (χ2v) is 10.3. The molecule has 2 aromatic carbocycles. The maximum absolute atomic E-state index is 13.2. The average Bonchev–Trinajstić information content (AvgIpc) is 2.94. The van der Waals surface area contributed by atoms with E-state index in [-0.39, 0.29) is 30.7 Å². The van der Waals surface area contributed by atoms with Crippen LogP contribution in [0.4, 0.5) is 0 Å². The van der Waals surface area contributed by atoms with Crippen molar-refractivity contribution >= 4 is 47.3 Å². The first-order valence-electron chi connectivity index (χ1n) is 13.0. The number of nitrogens with one attached hydrogen (secondary N) is 3. The Hall–Kier alpha value is -4.63. The summed E-state index contributed by atoms with van der Waals surface area (Å²) in [6, 6.07) is 12.5. The van der Waals surface area contributed by atoms with Crippen LogP contribution in [-0.2, 0) is 36.8 Å². The number of esters is 1. The minimum atomic E-state index is -1.06. The lowest BCUT2D eigenvalue weighted by Crippen LogP contribution is -2.53. The molecular formula is C28H39N7O7S. The van der Waals surface area contributed by atoms with Gasteiger partial charge in [-0.05, 0) is 41.7 Å². The quantitative estimate of drug-likeness (QED) is 0.0556. The van der Waals surface area contributed by atoms with Crippen LogP contribution in [0.3, 0.4) is 0 Å². The maximum atomic E-state index is 13.2. The van der Waals surface area contributed by atoms with Crippen LogP contribution in [0.25, 0.3) is 0 Å². The topological polar surface area (TPSA) is 253 Å². The van der Waals surface area contributed by atoms with Crippen LogP contribution in [0, 0.1) is 0 Å². The van der Waals surface area contributed by atoms with E-state index in [0.29, 0.717) is 17.1 Å². The summed E-state index contributed by atoms with van der Waals surface area (Å²) in [5.74, 6) is -2.43. The minimum absolute atomic E-state index is 0. The summed E-state index contributed by atoms with van der Waals surface area (Å²) in [7, 11) is 0. The van der Waals surface area contributed by atoms with Gasteiger partial charge in [-0.1, -0.05) is 42.5 Å². The number of nitrogens with two attached hydrogens (primary N) is 3. The molecule has 2 aromatic rings. The van der Waals surface area contributed by atoms with Gasteiger partial charge in [0.1, 0.15) is 23.9 Å². The molecule has 11 N–H and O–H groups in total. The number of carbonyl (C=O) groups is 5. The third-order valence-electron chi connectivity index (χ3n) is 5.85. The van der Waals surface area contributed by atoms with Crippen LogP contribution in [0.15, 0.2) is 59.6 Å². The van der Waals surface area contributed by atoms with Gasteiger partial charge in [-0.15, -0.1) is 0 Å². The zero-order chi connectivity index (χ0) is 31.1. The highest BCUT2D eigenvalue weighted by Gasteiger charge is 2.26. The van der Waals surface area contributed by atoms with Crippen LogP contribution in [0.5, 0.6) is 5.75 Å². The van der Waals surface area contributed by atoms with Gasteiger partial charge < -0.3 is 43.4 Å². The Bertz CT molecular complexity index is 1260. The Morgan fingerprint density at radius 3 is 2.05 bits per heavy atom. The Kier molecular flexibility index (Phi) is 15.9. The number of benzene rings is 2. The summed E-state index contributed by atoms with van der Waals surface area (Å²) >= 11 is 1.47. The van der Waals surface area contributed by atoms with Crippen LogP contribution in [-0.4, -0.2) is 77.7 Å². The molecule has 15 heteroatoms. The van der Waals surface area contributed by atoms with Gasteiger partial charge in [0.15, 0.2) is 5.96 Å². The van der Waals surface area contributed by atoms with Crippen molar-refractivity contribution in [3.8, 4) is 5.75 Å². The van der Waals surface area contributed by atoms with Crippen molar-refractivity contribution in [3.63, 3.8) is 0 Å². The number of thioether (sulfide) groups is 1. The van der Waals surface area contributed by atoms with E-state index >= 15 is 0 Å². The zero-order valence-corrected chi connectivity index (χ0v) is 24.8. The van der Waals surface area contributed by atoms with Gasteiger partial charge in [0.2, 0.25) is 23.6 Å². The lowest BCUT2D eigenvalue weighted by molar-refractivity contribution is -0.132. The number of hydrogen-bond acceptors (Lipinski definition) is 8. The maximum Gasteiger partial charge on any atom is 0.308 e. The van der Waals surface area contributed by atoms with E-state index in [0.717, 1.165) is 5.56 Å². The molecule has 0 radical (unpaired) electrons. The average molecular weight is 618 g/mol. The third-order valence-corrected chi connectivity index (χ3v) is 6.49. The molecule has 0 aliphatic rings. The van der Waals surface area contributed by atoms with Crippen molar-refractivity contribution in [3.05, 3.63) is 65.7 Å². The van der Waals surface area contributed by atoms with Crippen molar-refractivity contribution in [2.24, 2.45) is 22.2 Å². The highest BCUT2D eigenvalue weighted by atomic mass is 32.2. The molecule has 0 heterocycles. The molecule has 234 valence electrons. The van der Waals surface area contributed by atoms with Gasteiger partial charge in [-0.25, -0.2) is 4.99 Å². The number of hydrogen-bond donors (Lipinski definition) is 6. The number of rotatable bonds is 16. The number of ether oxygens (including phenoxy) is 1. The molecule has 43 heavy (non-hydrogen) atoms. The summed E-state index contributed by atoms with van der Waals surface area (Å²) in [6.07, 6.45) is 2.41. The molecular weight excluding hydrogens is 578 g/mol. The Labute approximate surface area is 253 Å². The monoisotopic (exact) mass is 617 g/mol. The van der Waals surface area contributed by atoms with Crippen molar-refractivity contribution in [2.45, 2.75) is 44.3 Å². The molecule has 14 nitrogen and oxygen atoms in total. The fraction of sp³-hybridized carbons (Fsp3) is 0.357. The molecule has 2 rings (SSSR count). The number of aliphatic imine (C=N–C) groups is 1. The van der Waals surface area contributed by atoms with Crippen molar-refractivity contribution < 1.29 is 34.2 Å². The van der Waals surface area contributed by atoms with E-state index in [1.54, 1.807) is 48.5 Å². The van der Waals surface area contributed by atoms with E-state index in [1.807, 2.05) is 12.3 Å². The first-order valence-corrected chi connectivity index (χ1v) is 14.4. The summed E-state index contributed by atoms with van der Waals surface area (Å²) in [6.45, 7) is 0.849. The number of amides is 4. The third kappa shape index (κ3) is 13.7. The predicted molar refractivity (Wildman–Crippen MR) is 164 cm³/mol. The van der Waals surface area contributed by atoms with Crippen LogP contribution < -0.4 is 37.9 Å². The molecule has 4 amide bonds. The van der Waals surface area contributed by atoms with E-state index in [2.05, 4.69) is 20.9 Å². The van der Waals surface area contributed by atoms with Crippen molar-refractivity contribution in [1.29, 1.82) is 0 Å². The number of primary amides is 1. The van der Waals surface area contributed by atoms with E-state index in [4.69, 9.17) is 21.9 Å². The molecule has 0 saturated carbocycles. The summed E-state index contributed by atoms with van der Waals surface area (Å²) in [5.41, 5.74) is 18.0. The van der Waals surface area contributed by atoms with Crippen LogP contribution >= 0.6 is 11.8 Å². The first-order chi connectivity index (χ1) is 20.0. The molecule has 0 unspecified atom stereocenters. The normalized spacial score (nSPS) is 12.3. The van der Waals surface area contributed by atoms with Crippen molar-refractivity contribution in [2.75, 3.05) is 18.6 Å². The van der Waals surface area contributed by atoms with E-state index in [9.17, 15) is 24.0 Å². The Morgan fingerprint density at radius 1 is 0.860 bits per heavy atom. The van der Waals surface area contributed by atoms with Gasteiger partial charge in [0.05, 0.1) is 6.54 Å². The van der Waals surface area contributed by atoms with Crippen LogP contribution in [0.2, 0.25) is 0 Å². The van der Waals surface area contributed by atoms with Gasteiger partial charge in [0.25, 0.3) is 0 Å². The number of guanidine groups is 1. The molecule has 0 fully saturated rings. The fourth-order valence-corrected chi connectivity index (χ4v) is 4.31. The molecule has 0 spiro atoms. The Morgan fingerprint density at radius 2 is 1.49 bits per heavy atom. The molecule has 0 bridgehead atoms. The largest absolute Gasteiger partial charge is 0.427 e. The summed E-state index contributed by atoms with van der Waals surface area (Å²) in [5, 5.41) is 7.71. The SMILES string of the molecule is CSCC[C@@H](NC(=O)[C@H](Cc1ccc(OC(C)=O)cc1)N=C(N)N)C(=O)NCC(=O)N[C@@H](Cc1ccccc1)C(N)=O.O. The lowest BCUT2D eigenvalue weighted by atomic mass is 10.0. The molecule has 0 aromatic heterocycles. The molecule has 0 aliphatic heterocycles. The van der Waals surface area contributed by atoms with Gasteiger partial charge >= 0.3 is 5.97 Å². The molecule has 3 atom stereocenters. The van der Waals surface area contributed by atoms with E-state index < -0.39 is 54.3 Å². The van der Waals surface area contributed by atoms with Crippen LogP contribution in [0.1, 0.15) is 24.5 Å². The number of carbonyl (C=O) groups excluding carboxylic acids is 5.